The molecule has 32 heavy (non-hydrogen) atoms. The quantitative estimate of drug-likeness (QED) is 0.676. The molecule has 5 unspecified atom stereocenters. The maximum Gasteiger partial charge on any atom is 0.242 e. The molecule has 4 aliphatic carbocycles. The van der Waals surface area contributed by atoms with Gasteiger partial charge in [-0.25, -0.2) is 0 Å². The van der Waals surface area contributed by atoms with Crippen LogP contribution in [0.4, 0.5) is 0 Å². The number of halogens is 2. The highest BCUT2D eigenvalue weighted by molar-refractivity contribution is 6.42. The summed E-state index contributed by atoms with van der Waals surface area (Å²) in [5, 5.41) is 4.10. The van der Waals surface area contributed by atoms with Gasteiger partial charge in [-0.15, -0.1) is 0 Å². The number of nitrogens with one attached hydrogen (secondary N) is 1. The van der Waals surface area contributed by atoms with Gasteiger partial charge in [-0.3, -0.25) is 14.5 Å². The van der Waals surface area contributed by atoms with E-state index in [0.717, 1.165) is 43.0 Å². The molecule has 5 nitrogen and oxygen atoms in total. The van der Waals surface area contributed by atoms with Crippen molar-refractivity contribution < 1.29 is 9.59 Å². The Morgan fingerprint density at radius 1 is 1.00 bits per heavy atom. The molecule has 2 bridgehead atoms. The van der Waals surface area contributed by atoms with Crippen LogP contribution in [0, 0.1) is 28.6 Å². The molecule has 1 spiro atoms. The van der Waals surface area contributed by atoms with Crippen molar-refractivity contribution >= 4 is 35.0 Å². The standard InChI is InChI=1S/C25H31Cl2N3O2/c26-20-2-1-16(8-21(20)27)15-29-3-5-30(6-4-29)23(32)14-28-22(31)13-24-10-17-7-18-9-19(12-24)25(18,24)11-17/h1-2,8,17-19H,3-7,9-15H2,(H,28,31). The van der Waals surface area contributed by atoms with Crippen LogP contribution in [0.5, 0.6) is 0 Å². The molecule has 0 radical (unpaired) electrons. The molecular formula is C25H31Cl2N3O2. The first-order chi connectivity index (χ1) is 15.4. The Morgan fingerprint density at radius 2 is 1.81 bits per heavy atom. The van der Waals surface area contributed by atoms with E-state index in [1.54, 1.807) is 0 Å². The summed E-state index contributed by atoms with van der Waals surface area (Å²) in [6.07, 6.45) is 7.34. The molecular weight excluding hydrogens is 445 g/mol. The van der Waals surface area contributed by atoms with Crippen molar-refractivity contribution in [3.8, 4) is 0 Å². The van der Waals surface area contributed by atoms with E-state index in [-0.39, 0.29) is 23.8 Å². The fourth-order valence-corrected chi connectivity index (χ4v) is 8.74. The smallest absolute Gasteiger partial charge is 0.242 e. The minimum Gasteiger partial charge on any atom is -0.347 e. The molecule has 5 fully saturated rings. The van der Waals surface area contributed by atoms with E-state index in [9.17, 15) is 9.59 Å². The van der Waals surface area contributed by atoms with Crippen LogP contribution in [0.2, 0.25) is 10.0 Å². The monoisotopic (exact) mass is 475 g/mol. The first-order valence-corrected chi connectivity index (χ1v) is 12.8. The second-order valence-electron chi connectivity index (χ2n) is 11.0. The highest BCUT2D eigenvalue weighted by atomic mass is 35.5. The van der Waals surface area contributed by atoms with Crippen molar-refractivity contribution in [2.24, 2.45) is 28.6 Å². The third-order valence-corrected chi connectivity index (χ3v) is 10.4. The molecule has 172 valence electrons. The molecule has 1 saturated heterocycles. The van der Waals surface area contributed by atoms with Crippen molar-refractivity contribution in [3.63, 3.8) is 0 Å². The maximum absolute atomic E-state index is 12.8. The zero-order valence-corrected chi connectivity index (χ0v) is 19.9. The molecule has 4 saturated carbocycles. The molecule has 6 rings (SSSR count). The topological polar surface area (TPSA) is 52.7 Å². The molecule has 1 aromatic carbocycles. The highest BCUT2D eigenvalue weighted by Gasteiger charge is 2.80. The second kappa shape index (κ2) is 7.61. The third kappa shape index (κ3) is 3.14. The second-order valence-corrected chi connectivity index (χ2v) is 11.8. The van der Waals surface area contributed by atoms with Gasteiger partial charge >= 0.3 is 0 Å². The summed E-state index contributed by atoms with van der Waals surface area (Å²) in [4.78, 5) is 29.6. The number of carbonyl (C=O) groups is 2. The lowest BCUT2D eigenvalue weighted by atomic mass is 9.31. The minimum absolute atomic E-state index is 0.0316. The number of hydrogen-bond donors (Lipinski definition) is 1. The van der Waals surface area contributed by atoms with Crippen LogP contribution in [0.3, 0.4) is 0 Å². The van der Waals surface area contributed by atoms with Crippen LogP contribution in [-0.2, 0) is 16.1 Å². The van der Waals surface area contributed by atoms with Gasteiger partial charge in [-0.2, -0.15) is 0 Å². The predicted molar refractivity (Wildman–Crippen MR) is 124 cm³/mol. The van der Waals surface area contributed by atoms with Gasteiger partial charge in [-0.05, 0) is 78.4 Å². The molecule has 5 atom stereocenters. The van der Waals surface area contributed by atoms with Gasteiger partial charge in [0.05, 0.1) is 16.6 Å². The maximum atomic E-state index is 12.8. The van der Waals surface area contributed by atoms with Crippen molar-refractivity contribution in [1.82, 2.24) is 15.1 Å². The fourth-order valence-electron chi connectivity index (χ4n) is 8.42. The predicted octanol–water partition coefficient (Wildman–Crippen LogP) is 3.97. The summed E-state index contributed by atoms with van der Waals surface area (Å²) < 4.78 is 0. The average molecular weight is 476 g/mol. The van der Waals surface area contributed by atoms with Gasteiger partial charge in [0.25, 0.3) is 0 Å². The lowest BCUT2D eigenvalue weighted by molar-refractivity contribution is -0.245. The molecule has 0 aromatic heterocycles. The molecule has 1 heterocycles. The van der Waals surface area contributed by atoms with Gasteiger partial charge in [0, 0.05) is 39.1 Å². The van der Waals surface area contributed by atoms with E-state index in [1.165, 1.54) is 32.1 Å². The SMILES string of the molecule is O=C(CC12CC3CC4CC(C1)C42C3)NCC(=O)N1CCN(Cc2ccc(Cl)c(Cl)c2)CC1. The lowest BCUT2D eigenvalue weighted by Gasteiger charge is -2.73. The summed E-state index contributed by atoms with van der Waals surface area (Å²) in [7, 11) is 0. The van der Waals surface area contributed by atoms with Crippen molar-refractivity contribution in [2.75, 3.05) is 32.7 Å². The van der Waals surface area contributed by atoms with Crippen LogP contribution in [0.15, 0.2) is 18.2 Å². The number of fused-ring (bicyclic) bond motifs is 1. The Bertz CT molecular complexity index is 963. The minimum atomic E-state index is 0.0316. The van der Waals surface area contributed by atoms with E-state index in [4.69, 9.17) is 23.2 Å². The molecule has 1 aromatic rings. The number of nitrogens with zero attached hydrogens (tertiary/aromatic N) is 2. The van der Waals surface area contributed by atoms with E-state index in [1.807, 2.05) is 23.1 Å². The first kappa shape index (κ1) is 21.2. The fraction of sp³-hybridized carbons (Fsp3) is 0.680. The first-order valence-electron chi connectivity index (χ1n) is 12.1. The number of amides is 2. The highest BCUT2D eigenvalue weighted by Crippen LogP contribution is 2.87. The Kier molecular flexibility index (Phi) is 5.05. The van der Waals surface area contributed by atoms with Crippen LogP contribution in [0.25, 0.3) is 0 Å². The van der Waals surface area contributed by atoms with Crippen LogP contribution < -0.4 is 5.32 Å². The zero-order valence-electron chi connectivity index (χ0n) is 18.4. The summed E-state index contributed by atoms with van der Waals surface area (Å²) in [6.45, 7) is 3.93. The van der Waals surface area contributed by atoms with E-state index in [2.05, 4.69) is 10.2 Å². The Labute approximate surface area is 199 Å². The molecule has 2 amide bonds. The van der Waals surface area contributed by atoms with E-state index in [0.29, 0.717) is 35.0 Å². The summed E-state index contributed by atoms with van der Waals surface area (Å²) in [5.74, 6) is 2.78. The average Bonchev–Trinajstić information content (AvgIpc) is 3.24. The summed E-state index contributed by atoms with van der Waals surface area (Å²) in [6, 6.07) is 5.72. The third-order valence-electron chi connectivity index (χ3n) is 9.63. The number of carbonyl (C=O) groups excluding carboxylic acids is 2. The van der Waals surface area contributed by atoms with Gasteiger partial charge < -0.3 is 10.2 Å². The summed E-state index contributed by atoms with van der Waals surface area (Å²) >= 11 is 12.1. The Hall–Kier alpha value is -1.30. The number of hydrogen-bond acceptors (Lipinski definition) is 3. The van der Waals surface area contributed by atoms with Crippen molar-refractivity contribution in [3.05, 3.63) is 33.8 Å². The summed E-state index contributed by atoms with van der Waals surface area (Å²) in [5.41, 5.74) is 1.91. The van der Waals surface area contributed by atoms with Crippen LogP contribution >= 0.6 is 23.2 Å². The number of benzene rings is 1. The largest absolute Gasteiger partial charge is 0.347 e. The zero-order chi connectivity index (χ0) is 22.1. The normalized spacial score (nSPS) is 36.9. The molecule has 1 aliphatic heterocycles. The molecule has 5 aliphatic rings. The van der Waals surface area contributed by atoms with Gasteiger partial charge in [0.2, 0.25) is 11.8 Å². The van der Waals surface area contributed by atoms with Crippen molar-refractivity contribution in [1.29, 1.82) is 0 Å². The van der Waals surface area contributed by atoms with E-state index >= 15 is 0 Å². The number of rotatable bonds is 6. The number of piperazine rings is 1. The van der Waals surface area contributed by atoms with Crippen LogP contribution in [-0.4, -0.2) is 54.3 Å². The van der Waals surface area contributed by atoms with Gasteiger partial charge in [0.15, 0.2) is 0 Å². The van der Waals surface area contributed by atoms with E-state index < -0.39 is 0 Å². The van der Waals surface area contributed by atoms with Gasteiger partial charge in [0.1, 0.15) is 0 Å². The lowest BCUT2D eigenvalue weighted by Crippen LogP contribution is -2.67. The van der Waals surface area contributed by atoms with Crippen molar-refractivity contribution in [2.45, 2.75) is 45.1 Å². The Morgan fingerprint density at radius 3 is 2.53 bits per heavy atom. The molecule has 7 heteroatoms. The van der Waals surface area contributed by atoms with Gasteiger partial charge in [-0.1, -0.05) is 29.3 Å². The van der Waals surface area contributed by atoms with Crippen LogP contribution in [0.1, 0.15) is 44.1 Å². The molecule has 1 N–H and O–H groups in total. The Balaban J connectivity index is 0.955.